The van der Waals surface area contributed by atoms with Crippen molar-refractivity contribution in [2.45, 2.75) is 83.3 Å². The number of nitrogens with zero attached hydrogens (tertiary/aromatic N) is 1. The lowest BCUT2D eigenvalue weighted by molar-refractivity contribution is -0.229. The monoisotopic (exact) mass is 387 g/mol. The summed E-state index contributed by atoms with van der Waals surface area (Å²) in [7, 11) is 0. The normalized spacial score (nSPS) is 28.0. The zero-order valence-corrected chi connectivity index (χ0v) is 17.2. The molecule has 0 N–H and O–H groups in total. The predicted molar refractivity (Wildman–Crippen MR) is 108 cm³/mol. The van der Waals surface area contributed by atoms with Crippen LogP contribution in [0.25, 0.3) is 0 Å². The second-order valence-electron chi connectivity index (χ2n) is 8.57. The highest BCUT2D eigenvalue weighted by molar-refractivity contribution is 5.34. The number of benzene rings is 1. The topological polar surface area (TPSA) is 42.2 Å². The van der Waals surface area contributed by atoms with Gasteiger partial charge in [0, 0.05) is 11.8 Å². The quantitative estimate of drug-likeness (QED) is 0.490. The summed E-state index contributed by atoms with van der Waals surface area (Å²) in [5.41, 5.74) is 1.14. The van der Waals surface area contributed by atoms with Gasteiger partial charge in [-0.15, -0.1) is 0 Å². The first-order chi connectivity index (χ1) is 13.7. The fraction of sp³-hybridized carbons (Fsp3) is 0.708. The third-order valence-corrected chi connectivity index (χ3v) is 6.45. The van der Waals surface area contributed by atoms with Crippen LogP contribution in [0.1, 0.15) is 88.2 Å². The molecule has 0 aromatic heterocycles. The fourth-order valence-electron chi connectivity index (χ4n) is 4.63. The first-order valence-electron chi connectivity index (χ1n) is 11.1. The molecule has 154 valence electrons. The molecule has 0 atom stereocenters. The van der Waals surface area contributed by atoms with Crippen LogP contribution in [-0.4, -0.2) is 19.5 Å². The van der Waals surface area contributed by atoms with Gasteiger partial charge < -0.3 is 9.47 Å². The Bertz CT molecular complexity index is 640. The minimum absolute atomic E-state index is 0.0602. The Morgan fingerprint density at radius 2 is 1.75 bits per heavy atom. The Hall–Kier alpha value is -1.44. The third-order valence-electron chi connectivity index (χ3n) is 6.45. The van der Waals surface area contributed by atoms with Gasteiger partial charge in [0.2, 0.25) is 0 Å². The largest absolute Gasteiger partial charge is 0.352 e. The van der Waals surface area contributed by atoms with E-state index >= 15 is 0 Å². The molecular formula is C24H34FNO2. The van der Waals surface area contributed by atoms with Crippen molar-refractivity contribution in [2.24, 2.45) is 11.8 Å². The van der Waals surface area contributed by atoms with Crippen LogP contribution in [0.3, 0.4) is 0 Å². The van der Waals surface area contributed by atoms with Crippen LogP contribution in [0, 0.1) is 29.0 Å². The van der Waals surface area contributed by atoms with E-state index in [0.29, 0.717) is 17.8 Å². The minimum atomic E-state index is -0.401. The third kappa shape index (κ3) is 5.78. The molecule has 1 saturated heterocycles. The summed E-state index contributed by atoms with van der Waals surface area (Å²) in [6, 6.07) is 6.95. The average molecular weight is 388 g/mol. The van der Waals surface area contributed by atoms with E-state index in [1.165, 1.54) is 38.5 Å². The molecule has 2 aliphatic rings. The molecule has 1 heterocycles. The summed E-state index contributed by atoms with van der Waals surface area (Å²) in [6.45, 7) is 3.91. The van der Waals surface area contributed by atoms with Crippen LogP contribution in [0.5, 0.6) is 0 Å². The zero-order chi connectivity index (χ0) is 19.8. The van der Waals surface area contributed by atoms with Crippen molar-refractivity contribution < 1.29 is 13.9 Å². The number of ether oxygens (including phenoxy) is 2. The number of rotatable bonds is 8. The van der Waals surface area contributed by atoms with E-state index in [2.05, 4.69) is 6.92 Å². The van der Waals surface area contributed by atoms with Crippen LogP contribution in [-0.2, 0) is 9.47 Å². The molecule has 1 saturated carbocycles. The number of halogens is 1. The van der Waals surface area contributed by atoms with Gasteiger partial charge in [0.1, 0.15) is 11.9 Å². The summed E-state index contributed by atoms with van der Waals surface area (Å²) in [5, 5.41) is 8.88. The zero-order valence-electron chi connectivity index (χ0n) is 17.2. The molecule has 1 aliphatic heterocycles. The first kappa shape index (κ1) is 21.3. The number of hydrogen-bond acceptors (Lipinski definition) is 3. The van der Waals surface area contributed by atoms with Gasteiger partial charge in [0.25, 0.3) is 0 Å². The molecule has 4 heteroatoms. The Labute approximate surface area is 169 Å². The van der Waals surface area contributed by atoms with Gasteiger partial charge in [0.15, 0.2) is 6.29 Å². The van der Waals surface area contributed by atoms with Crippen molar-refractivity contribution in [3.05, 3.63) is 35.1 Å². The van der Waals surface area contributed by atoms with E-state index in [0.717, 1.165) is 44.5 Å². The Morgan fingerprint density at radius 3 is 2.39 bits per heavy atom. The van der Waals surface area contributed by atoms with Gasteiger partial charge in [-0.05, 0) is 55.7 Å². The average Bonchev–Trinajstić information content (AvgIpc) is 2.74. The molecule has 0 unspecified atom stereocenters. The maximum atomic E-state index is 13.9. The maximum absolute atomic E-state index is 13.9. The van der Waals surface area contributed by atoms with Crippen molar-refractivity contribution in [3.63, 3.8) is 0 Å². The van der Waals surface area contributed by atoms with E-state index < -0.39 is 5.82 Å². The van der Waals surface area contributed by atoms with Crippen molar-refractivity contribution in [1.82, 2.24) is 0 Å². The summed E-state index contributed by atoms with van der Waals surface area (Å²) in [5.74, 6) is 0.973. The van der Waals surface area contributed by atoms with E-state index in [1.54, 1.807) is 12.1 Å². The van der Waals surface area contributed by atoms with Crippen LogP contribution in [0.2, 0.25) is 0 Å². The van der Waals surface area contributed by atoms with Crippen LogP contribution in [0.4, 0.5) is 4.39 Å². The van der Waals surface area contributed by atoms with Gasteiger partial charge in [-0.3, -0.25) is 0 Å². The highest BCUT2D eigenvalue weighted by atomic mass is 19.1. The van der Waals surface area contributed by atoms with Crippen molar-refractivity contribution in [1.29, 1.82) is 5.26 Å². The summed E-state index contributed by atoms with van der Waals surface area (Å²) >= 11 is 0. The Morgan fingerprint density at radius 1 is 1.04 bits per heavy atom. The molecule has 0 bridgehead atoms. The molecule has 28 heavy (non-hydrogen) atoms. The second kappa shape index (κ2) is 10.9. The molecule has 0 amide bonds. The number of hydrogen-bond donors (Lipinski definition) is 0. The second-order valence-corrected chi connectivity index (χ2v) is 8.57. The number of nitriles is 1. The Balaban J connectivity index is 1.38. The van der Waals surface area contributed by atoms with Crippen LogP contribution >= 0.6 is 0 Å². The summed E-state index contributed by atoms with van der Waals surface area (Å²) in [4.78, 5) is 0. The Kier molecular flexibility index (Phi) is 8.30. The molecular weight excluding hydrogens is 353 g/mol. The van der Waals surface area contributed by atoms with E-state index in [4.69, 9.17) is 14.7 Å². The van der Waals surface area contributed by atoms with E-state index in [-0.39, 0.29) is 11.9 Å². The molecule has 2 fully saturated rings. The van der Waals surface area contributed by atoms with Crippen LogP contribution in [0.15, 0.2) is 18.2 Å². The smallest absolute Gasteiger partial charge is 0.160 e. The van der Waals surface area contributed by atoms with Gasteiger partial charge in [-0.1, -0.05) is 45.1 Å². The fourth-order valence-corrected chi connectivity index (χ4v) is 4.63. The van der Waals surface area contributed by atoms with Crippen molar-refractivity contribution >= 4 is 0 Å². The van der Waals surface area contributed by atoms with Gasteiger partial charge >= 0.3 is 0 Å². The van der Waals surface area contributed by atoms with Crippen molar-refractivity contribution in [3.8, 4) is 6.07 Å². The highest BCUT2D eigenvalue weighted by Crippen LogP contribution is 2.39. The molecule has 3 rings (SSSR count). The lowest BCUT2D eigenvalue weighted by Gasteiger charge is -2.37. The van der Waals surface area contributed by atoms with Crippen LogP contribution < -0.4 is 0 Å². The van der Waals surface area contributed by atoms with Crippen molar-refractivity contribution in [2.75, 3.05) is 13.2 Å². The summed E-state index contributed by atoms with van der Waals surface area (Å²) < 4.78 is 26.1. The lowest BCUT2D eigenvalue weighted by atomic mass is 9.78. The van der Waals surface area contributed by atoms with Gasteiger partial charge in [-0.25, -0.2) is 4.39 Å². The molecule has 1 aromatic carbocycles. The lowest BCUT2D eigenvalue weighted by Crippen LogP contribution is -2.38. The molecule has 3 nitrogen and oxygen atoms in total. The molecule has 0 radical (unpaired) electrons. The van der Waals surface area contributed by atoms with Gasteiger partial charge in [0.05, 0.1) is 18.8 Å². The van der Waals surface area contributed by atoms with E-state index in [1.807, 2.05) is 12.1 Å². The highest BCUT2D eigenvalue weighted by Gasteiger charge is 2.32. The molecule has 1 aliphatic carbocycles. The molecule has 1 aromatic rings. The predicted octanol–water partition coefficient (Wildman–Crippen LogP) is 6.32. The maximum Gasteiger partial charge on any atom is 0.160 e. The number of unbranched alkanes of at least 4 members (excludes halogenated alkanes) is 4. The minimum Gasteiger partial charge on any atom is -0.352 e. The van der Waals surface area contributed by atoms with Gasteiger partial charge in [-0.2, -0.15) is 5.26 Å². The molecule has 0 spiro atoms. The standard InChI is InChI=1S/C24H34FNO2/c1-2-3-4-5-6-7-18-16-27-24(28-17-18)20-10-8-19(9-11-20)21-12-13-22(15-26)23(25)14-21/h12-14,18-20,24H,2-11,16-17H2,1H3. The SMILES string of the molecule is CCCCCCCC1COC(C2CCC(c3ccc(C#N)c(F)c3)CC2)OC1. The summed E-state index contributed by atoms with van der Waals surface area (Å²) in [6.07, 6.45) is 11.9. The first-order valence-corrected chi connectivity index (χ1v) is 11.1. The van der Waals surface area contributed by atoms with E-state index in [9.17, 15) is 4.39 Å².